The Morgan fingerprint density at radius 1 is 1.07 bits per heavy atom. The normalized spacial score (nSPS) is 18.9. The molecule has 0 atom stereocenters. The van der Waals surface area contributed by atoms with Crippen LogP contribution in [0.4, 0.5) is 5.95 Å². The maximum atomic E-state index is 13.1. The van der Waals surface area contributed by atoms with E-state index in [0.717, 1.165) is 50.1 Å². The predicted molar refractivity (Wildman–Crippen MR) is 110 cm³/mol. The highest BCUT2D eigenvalue weighted by Crippen LogP contribution is 2.38. The molecular formula is C22H28N4O3. The van der Waals surface area contributed by atoms with Gasteiger partial charge in [0, 0.05) is 25.5 Å². The molecule has 1 saturated carbocycles. The van der Waals surface area contributed by atoms with Gasteiger partial charge < -0.3 is 19.7 Å². The van der Waals surface area contributed by atoms with Crippen molar-refractivity contribution >= 4 is 11.9 Å². The van der Waals surface area contributed by atoms with Gasteiger partial charge in [-0.1, -0.05) is 31.4 Å². The number of benzene rings is 1. The van der Waals surface area contributed by atoms with Crippen LogP contribution >= 0.6 is 0 Å². The number of nitrogens with zero attached hydrogens (tertiary/aromatic N) is 3. The van der Waals surface area contributed by atoms with Crippen molar-refractivity contribution in [3.05, 3.63) is 47.8 Å². The number of carbonyl (C=O) groups is 1. The van der Waals surface area contributed by atoms with E-state index in [0.29, 0.717) is 24.7 Å². The summed E-state index contributed by atoms with van der Waals surface area (Å²) in [4.78, 5) is 24.0. The third-order valence-corrected chi connectivity index (χ3v) is 5.90. The number of amides is 1. The van der Waals surface area contributed by atoms with E-state index < -0.39 is 0 Å². The molecule has 2 aliphatic rings. The molecule has 0 unspecified atom stereocenters. The number of hydrogen-bond donors (Lipinski definition) is 1. The van der Waals surface area contributed by atoms with Crippen molar-refractivity contribution < 1.29 is 14.3 Å². The van der Waals surface area contributed by atoms with Crippen LogP contribution in [0.3, 0.4) is 0 Å². The molecule has 7 nitrogen and oxygen atoms in total. The van der Waals surface area contributed by atoms with Crippen molar-refractivity contribution in [1.29, 1.82) is 0 Å². The van der Waals surface area contributed by atoms with E-state index in [-0.39, 0.29) is 11.4 Å². The van der Waals surface area contributed by atoms with E-state index in [4.69, 9.17) is 9.47 Å². The SMILES string of the molecule is COc1ccc(C2(NC(=O)c3cnc(N4CCOCC4)nc3)CCCCC2)cc1. The lowest BCUT2D eigenvalue weighted by Gasteiger charge is -2.38. The second-order valence-electron chi connectivity index (χ2n) is 7.70. The number of hydrogen-bond acceptors (Lipinski definition) is 6. The molecule has 2 aromatic rings. The molecule has 0 radical (unpaired) electrons. The fourth-order valence-electron chi connectivity index (χ4n) is 4.21. The van der Waals surface area contributed by atoms with Crippen molar-refractivity contribution in [2.45, 2.75) is 37.6 Å². The maximum Gasteiger partial charge on any atom is 0.255 e. The van der Waals surface area contributed by atoms with Gasteiger partial charge in [0.25, 0.3) is 5.91 Å². The zero-order valence-electron chi connectivity index (χ0n) is 16.9. The topological polar surface area (TPSA) is 76.6 Å². The summed E-state index contributed by atoms with van der Waals surface area (Å²) < 4.78 is 10.7. The molecule has 0 spiro atoms. The van der Waals surface area contributed by atoms with Gasteiger partial charge in [-0.25, -0.2) is 9.97 Å². The van der Waals surface area contributed by atoms with Gasteiger partial charge in [-0.2, -0.15) is 0 Å². The monoisotopic (exact) mass is 396 g/mol. The van der Waals surface area contributed by atoms with Crippen molar-refractivity contribution in [1.82, 2.24) is 15.3 Å². The molecule has 1 saturated heterocycles. The van der Waals surface area contributed by atoms with Crippen molar-refractivity contribution in [3.63, 3.8) is 0 Å². The number of nitrogens with one attached hydrogen (secondary N) is 1. The number of rotatable bonds is 5. The second kappa shape index (κ2) is 8.78. The van der Waals surface area contributed by atoms with Crippen LogP contribution in [0.1, 0.15) is 48.0 Å². The van der Waals surface area contributed by atoms with Gasteiger partial charge in [-0.05, 0) is 30.5 Å². The third kappa shape index (κ3) is 4.34. The zero-order valence-corrected chi connectivity index (χ0v) is 16.9. The first kappa shape index (κ1) is 19.6. The molecule has 29 heavy (non-hydrogen) atoms. The molecule has 7 heteroatoms. The fraction of sp³-hybridized carbons (Fsp3) is 0.500. The Balaban J connectivity index is 1.51. The first-order valence-corrected chi connectivity index (χ1v) is 10.3. The highest BCUT2D eigenvalue weighted by atomic mass is 16.5. The number of ether oxygens (including phenoxy) is 2. The first-order chi connectivity index (χ1) is 14.2. The number of aromatic nitrogens is 2. The van der Waals surface area contributed by atoms with Crippen LogP contribution in [-0.2, 0) is 10.3 Å². The molecule has 1 N–H and O–H groups in total. The lowest BCUT2D eigenvalue weighted by Crippen LogP contribution is -2.47. The van der Waals surface area contributed by atoms with E-state index in [1.807, 2.05) is 12.1 Å². The molecule has 1 amide bonds. The summed E-state index contributed by atoms with van der Waals surface area (Å²) in [5, 5.41) is 3.31. The number of anilines is 1. The van der Waals surface area contributed by atoms with Crippen molar-refractivity contribution in [2.24, 2.45) is 0 Å². The quantitative estimate of drug-likeness (QED) is 0.837. The smallest absolute Gasteiger partial charge is 0.255 e. The highest BCUT2D eigenvalue weighted by molar-refractivity contribution is 5.94. The average Bonchev–Trinajstić information content (AvgIpc) is 2.80. The van der Waals surface area contributed by atoms with E-state index in [1.54, 1.807) is 19.5 Å². The summed E-state index contributed by atoms with van der Waals surface area (Å²) in [5.41, 5.74) is 1.25. The Labute approximate surface area is 171 Å². The van der Waals surface area contributed by atoms with Gasteiger partial charge in [0.05, 0.1) is 31.4 Å². The number of methoxy groups -OCH3 is 1. The van der Waals surface area contributed by atoms with Crippen LogP contribution in [0.2, 0.25) is 0 Å². The molecule has 1 aliphatic heterocycles. The van der Waals surface area contributed by atoms with Crippen LogP contribution in [0.5, 0.6) is 5.75 Å². The molecule has 1 aromatic carbocycles. The predicted octanol–water partition coefficient (Wildman–Crippen LogP) is 2.91. The third-order valence-electron chi connectivity index (χ3n) is 5.90. The summed E-state index contributed by atoms with van der Waals surface area (Å²) in [6.45, 7) is 2.89. The molecule has 2 heterocycles. The number of carbonyl (C=O) groups excluding carboxylic acids is 1. The van der Waals surface area contributed by atoms with Crippen molar-refractivity contribution in [2.75, 3.05) is 38.3 Å². The Morgan fingerprint density at radius 3 is 2.34 bits per heavy atom. The standard InChI is InChI=1S/C22H28N4O3/c1-28-19-7-5-18(6-8-19)22(9-3-2-4-10-22)25-20(27)17-15-23-21(24-16-17)26-11-13-29-14-12-26/h5-8,15-16H,2-4,9-14H2,1H3,(H,25,27). The van der Waals surface area contributed by atoms with Gasteiger partial charge in [-0.15, -0.1) is 0 Å². The van der Waals surface area contributed by atoms with Gasteiger partial charge in [0.1, 0.15) is 5.75 Å². The van der Waals surface area contributed by atoms with Crippen LogP contribution in [0, 0.1) is 0 Å². The lowest BCUT2D eigenvalue weighted by atomic mass is 9.76. The molecular weight excluding hydrogens is 368 g/mol. The van der Waals surface area contributed by atoms with Crippen molar-refractivity contribution in [3.8, 4) is 5.75 Å². The van der Waals surface area contributed by atoms with E-state index in [2.05, 4.69) is 32.3 Å². The van der Waals surface area contributed by atoms with E-state index in [1.165, 1.54) is 6.42 Å². The summed E-state index contributed by atoms with van der Waals surface area (Å²) in [6.07, 6.45) is 8.49. The van der Waals surface area contributed by atoms with E-state index >= 15 is 0 Å². The van der Waals surface area contributed by atoms with Crippen LogP contribution in [-0.4, -0.2) is 49.3 Å². The highest BCUT2D eigenvalue weighted by Gasteiger charge is 2.35. The van der Waals surface area contributed by atoms with Crippen LogP contribution in [0.15, 0.2) is 36.7 Å². The molecule has 1 aromatic heterocycles. The zero-order chi connectivity index (χ0) is 20.1. The average molecular weight is 396 g/mol. The summed E-state index contributed by atoms with van der Waals surface area (Å²) in [5.74, 6) is 1.33. The van der Waals surface area contributed by atoms with Gasteiger partial charge in [-0.3, -0.25) is 4.79 Å². The van der Waals surface area contributed by atoms with Crippen LogP contribution in [0.25, 0.3) is 0 Å². The minimum atomic E-state index is -0.357. The molecule has 0 bridgehead atoms. The molecule has 2 fully saturated rings. The first-order valence-electron chi connectivity index (χ1n) is 10.3. The molecule has 4 rings (SSSR count). The fourth-order valence-corrected chi connectivity index (χ4v) is 4.21. The van der Waals surface area contributed by atoms with Gasteiger partial charge >= 0.3 is 0 Å². The Morgan fingerprint density at radius 2 is 1.72 bits per heavy atom. The summed E-state index contributed by atoms with van der Waals surface area (Å²) in [6, 6.07) is 8.03. The largest absolute Gasteiger partial charge is 0.497 e. The van der Waals surface area contributed by atoms with Crippen LogP contribution < -0.4 is 15.0 Å². The molecule has 154 valence electrons. The Kier molecular flexibility index (Phi) is 5.94. The Hall–Kier alpha value is -2.67. The van der Waals surface area contributed by atoms with Gasteiger partial charge in [0.15, 0.2) is 0 Å². The summed E-state index contributed by atoms with van der Waals surface area (Å²) in [7, 11) is 1.66. The van der Waals surface area contributed by atoms with E-state index in [9.17, 15) is 4.79 Å². The van der Waals surface area contributed by atoms with Gasteiger partial charge in [0.2, 0.25) is 5.95 Å². The Bertz CT molecular complexity index is 811. The minimum absolute atomic E-state index is 0.128. The minimum Gasteiger partial charge on any atom is -0.497 e. The number of morpholine rings is 1. The molecule has 1 aliphatic carbocycles. The lowest BCUT2D eigenvalue weighted by molar-refractivity contribution is 0.0865. The maximum absolute atomic E-state index is 13.1. The summed E-state index contributed by atoms with van der Waals surface area (Å²) >= 11 is 0. The second-order valence-corrected chi connectivity index (χ2v) is 7.70.